The van der Waals surface area contributed by atoms with Crippen molar-refractivity contribution in [2.75, 3.05) is 40.4 Å². The van der Waals surface area contributed by atoms with Crippen molar-refractivity contribution < 1.29 is 33.7 Å². The molecule has 2 heterocycles. The average molecular weight is 781 g/mol. The van der Waals surface area contributed by atoms with Crippen LogP contribution in [0.1, 0.15) is 76.2 Å². The highest BCUT2D eigenvalue weighted by Crippen LogP contribution is 2.28. The Kier molecular flexibility index (Phi) is 15.9. The van der Waals surface area contributed by atoms with E-state index in [-0.39, 0.29) is 30.9 Å². The first kappa shape index (κ1) is 43.5. The second-order valence-electron chi connectivity index (χ2n) is 15.8. The number of methoxy groups -OCH3 is 2. The number of hydrogen-bond acceptors (Lipinski definition) is 11. The van der Waals surface area contributed by atoms with Gasteiger partial charge in [0.1, 0.15) is 18.7 Å². The maximum atomic E-state index is 13.9. The third-order valence-corrected chi connectivity index (χ3v) is 10.6. The minimum absolute atomic E-state index is 0.0116. The number of hydrogen-bond donors (Lipinski definition) is 4. The molecular formula is C41H60N6O7S. The topological polar surface area (TPSA) is 155 Å². The SMILES string of the molecule is COc1ccc(CN2CCN(C[C@@H](O)[C@H](Cc3ccccc3)NC(=O)[C@@H](NC(=O)OCc3csc(C(C)C)n3)C(C)C)[C@H](C(=O)NC(C)(C)C)C2)cc1OC. The van der Waals surface area contributed by atoms with Crippen molar-refractivity contribution in [2.24, 2.45) is 5.92 Å². The molecule has 302 valence electrons. The fourth-order valence-electron chi connectivity index (χ4n) is 6.47. The number of rotatable bonds is 17. The number of carbonyl (C=O) groups excluding carboxylic acids is 3. The number of nitrogens with one attached hydrogen (secondary N) is 3. The zero-order chi connectivity index (χ0) is 40.3. The normalized spacial score (nSPS) is 17.0. The zero-order valence-electron chi connectivity index (χ0n) is 33.8. The molecule has 1 aliphatic heterocycles. The summed E-state index contributed by atoms with van der Waals surface area (Å²) in [6.07, 6.45) is -1.44. The van der Waals surface area contributed by atoms with Gasteiger partial charge in [-0.05, 0) is 56.4 Å². The van der Waals surface area contributed by atoms with Crippen LogP contribution in [0.15, 0.2) is 53.9 Å². The number of alkyl carbamates (subject to hydrolysis) is 1. The number of ether oxygens (including phenoxy) is 3. The molecule has 0 unspecified atom stereocenters. The highest BCUT2D eigenvalue weighted by atomic mass is 32.1. The minimum atomic E-state index is -1.05. The van der Waals surface area contributed by atoms with E-state index in [1.165, 1.54) is 11.3 Å². The lowest BCUT2D eigenvalue weighted by molar-refractivity contribution is -0.132. The Morgan fingerprint density at radius 1 is 0.964 bits per heavy atom. The molecular weight excluding hydrogens is 721 g/mol. The number of β-amino-alcohol motifs (C(OH)–C–C–N with tert-alkyl or cyclic N) is 1. The summed E-state index contributed by atoms with van der Waals surface area (Å²) in [5.74, 6) is 0.695. The molecule has 4 rings (SSSR count). The standard InChI is InChI=1S/C41H60N6O7S/c1-26(2)36(44-40(51)54-24-30-25-55-39(42-30)27(3)4)38(50)43-31(19-28-13-11-10-12-14-28)33(48)23-47-18-17-46(22-32(47)37(49)45-41(5,6)7)21-29-15-16-34(52-8)35(20-29)53-9/h10-16,20,25-27,31-33,36,48H,17-19,21-24H2,1-9H3,(H,43,50)(H,44,51)(H,45,49)/t31-,32-,33+,36-/m0/s1. The smallest absolute Gasteiger partial charge is 0.408 e. The molecule has 55 heavy (non-hydrogen) atoms. The molecule has 0 spiro atoms. The summed E-state index contributed by atoms with van der Waals surface area (Å²) < 4.78 is 16.4. The van der Waals surface area contributed by atoms with Gasteiger partial charge in [0.05, 0.1) is 37.1 Å². The third kappa shape index (κ3) is 13.2. The van der Waals surface area contributed by atoms with E-state index >= 15 is 0 Å². The summed E-state index contributed by atoms with van der Waals surface area (Å²) in [6.45, 7) is 15.9. The predicted octanol–water partition coefficient (Wildman–Crippen LogP) is 4.72. The number of aliphatic hydroxyl groups is 1. The van der Waals surface area contributed by atoms with Crippen molar-refractivity contribution in [3.63, 3.8) is 0 Å². The summed E-state index contributed by atoms with van der Waals surface area (Å²) >= 11 is 1.52. The number of nitrogens with zero attached hydrogens (tertiary/aromatic N) is 3. The molecule has 0 radical (unpaired) electrons. The van der Waals surface area contributed by atoms with E-state index < -0.39 is 41.8 Å². The zero-order valence-corrected chi connectivity index (χ0v) is 34.6. The van der Waals surface area contributed by atoms with Gasteiger partial charge in [-0.1, -0.05) is 64.1 Å². The molecule has 3 aromatic rings. The van der Waals surface area contributed by atoms with Crippen molar-refractivity contribution in [3.05, 3.63) is 75.7 Å². The average Bonchev–Trinajstić information content (AvgIpc) is 3.62. The number of aromatic nitrogens is 1. The predicted molar refractivity (Wildman–Crippen MR) is 214 cm³/mol. The number of amides is 3. The highest BCUT2D eigenvalue weighted by molar-refractivity contribution is 7.09. The summed E-state index contributed by atoms with van der Waals surface area (Å²) in [7, 11) is 3.20. The molecule has 3 amide bonds. The van der Waals surface area contributed by atoms with Crippen LogP contribution in [0.5, 0.6) is 11.5 Å². The molecule has 1 aliphatic rings. The van der Waals surface area contributed by atoms with Gasteiger partial charge >= 0.3 is 6.09 Å². The first-order chi connectivity index (χ1) is 26.1. The van der Waals surface area contributed by atoms with Crippen LogP contribution in [0, 0.1) is 5.92 Å². The Morgan fingerprint density at radius 3 is 2.29 bits per heavy atom. The van der Waals surface area contributed by atoms with E-state index in [4.69, 9.17) is 14.2 Å². The molecule has 0 saturated carbocycles. The first-order valence-corrected chi connectivity index (χ1v) is 19.8. The van der Waals surface area contributed by atoms with Crippen molar-refractivity contribution in [3.8, 4) is 11.5 Å². The summed E-state index contributed by atoms with van der Waals surface area (Å²) in [6, 6.07) is 13.2. The molecule has 13 nitrogen and oxygen atoms in total. The Balaban J connectivity index is 1.49. The molecule has 0 bridgehead atoms. The van der Waals surface area contributed by atoms with E-state index in [0.29, 0.717) is 49.8 Å². The van der Waals surface area contributed by atoms with Gasteiger partial charge in [0.2, 0.25) is 11.8 Å². The molecule has 4 atom stereocenters. The number of thiazole rings is 1. The molecule has 1 fully saturated rings. The quantitative estimate of drug-likeness (QED) is 0.151. The van der Waals surface area contributed by atoms with Crippen LogP contribution < -0.4 is 25.4 Å². The van der Waals surface area contributed by atoms with E-state index in [1.54, 1.807) is 14.2 Å². The van der Waals surface area contributed by atoms with Gasteiger partial charge < -0.3 is 35.3 Å². The Morgan fingerprint density at radius 2 is 1.67 bits per heavy atom. The van der Waals surface area contributed by atoms with Crippen molar-refractivity contribution in [1.29, 1.82) is 0 Å². The van der Waals surface area contributed by atoms with Gasteiger partial charge in [0.15, 0.2) is 11.5 Å². The van der Waals surface area contributed by atoms with Crippen LogP contribution in [-0.4, -0.2) is 108 Å². The van der Waals surface area contributed by atoms with Crippen LogP contribution in [0.25, 0.3) is 0 Å². The second-order valence-corrected chi connectivity index (χ2v) is 16.7. The van der Waals surface area contributed by atoms with Gasteiger partial charge in [0.25, 0.3) is 0 Å². The molecule has 4 N–H and O–H groups in total. The Labute approximate surface area is 330 Å². The van der Waals surface area contributed by atoms with Crippen molar-refractivity contribution in [1.82, 2.24) is 30.7 Å². The maximum absolute atomic E-state index is 13.9. The molecule has 1 saturated heterocycles. The number of aliphatic hydroxyl groups excluding tert-OH is 1. The van der Waals surface area contributed by atoms with Crippen molar-refractivity contribution >= 4 is 29.2 Å². The van der Waals surface area contributed by atoms with Crippen LogP contribution in [-0.2, 0) is 33.9 Å². The van der Waals surface area contributed by atoms with E-state index in [0.717, 1.165) is 16.1 Å². The second kappa shape index (κ2) is 20.1. The largest absolute Gasteiger partial charge is 0.493 e. The minimum Gasteiger partial charge on any atom is -0.493 e. The molecule has 2 aromatic carbocycles. The van der Waals surface area contributed by atoms with E-state index in [1.807, 2.05) is 93.4 Å². The number of benzene rings is 2. The number of piperazine rings is 1. The highest BCUT2D eigenvalue weighted by Gasteiger charge is 2.37. The van der Waals surface area contributed by atoms with E-state index in [2.05, 4.69) is 39.7 Å². The van der Waals surface area contributed by atoms with Crippen LogP contribution in [0.3, 0.4) is 0 Å². The van der Waals surface area contributed by atoms with Crippen molar-refractivity contribution in [2.45, 2.75) is 104 Å². The molecule has 0 aliphatic carbocycles. The molecule has 1 aromatic heterocycles. The first-order valence-electron chi connectivity index (χ1n) is 19.0. The summed E-state index contributed by atoms with van der Waals surface area (Å²) in [5.41, 5.74) is 2.13. The van der Waals surface area contributed by atoms with Gasteiger partial charge in [-0.15, -0.1) is 11.3 Å². The summed E-state index contributed by atoms with van der Waals surface area (Å²) in [5, 5.41) is 23.6. The lowest BCUT2D eigenvalue weighted by Gasteiger charge is -2.43. The van der Waals surface area contributed by atoms with Crippen LogP contribution >= 0.6 is 11.3 Å². The lowest BCUT2D eigenvalue weighted by Crippen LogP contribution is -2.63. The fraction of sp³-hybridized carbons (Fsp3) is 0.561. The van der Waals surface area contributed by atoms with Gasteiger partial charge in [0, 0.05) is 49.6 Å². The lowest BCUT2D eigenvalue weighted by atomic mass is 9.97. The van der Waals surface area contributed by atoms with Gasteiger partial charge in [-0.25, -0.2) is 9.78 Å². The molecule has 14 heteroatoms. The Hall–Kier alpha value is -4.24. The van der Waals surface area contributed by atoms with Gasteiger partial charge in [-0.2, -0.15) is 0 Å². The number of carbonyl (C=O) groups is 3. The van der Waals surface area contributed by atoms with Crippen LogP contribution in [0.4, 0.5) is 4.79 Å². The third-order valence-electron chi connectivity index (χ3n) is 9.38. The van der Waals surface area contributed by atoms with Gasteiger partial charge in [-0.3, -0.25) is 19.4 Å². The van der Waals surface area contributed by atoms with E-state index in [9.17, 15) is 19.5 Å². The Bertz CT molecular complexity index is 1700. The summed E-state index contributed by atoms with van der Waals surface area (Å²) in [4.78, 5) is 49.4. The fourth-order valence-corrected chi connectivity index (χ4v) is 7.29. The monoisotopic (exact) mass is 780 g/mol. The van der Waals surface area contributed by atoms with Crippen LogP contribution in [0.2, 0.25) is 0 Å². The maximum Gasteiger partial charge on any atom is 0.408 e.